The van der Waals surface area contributed by atoms with E-state index in [0.717, 1.165) is 23.5 Å². The number of hydrogen-bond donors (Lipinski definition) is 1. The summed E-state index contributed by atoms with van der Waals surface area (Å²) in [6.07, 6.45) is 3.65. The predicted molar refractivity (Wildman–Crippen MR) is 77.2 cm³/mol. The zero-order chi connectivity index (χ0) is 13.1. The van der Waals surface area contributed by atoms with E-state index < -0.39 is 0 Å². The lowest BCUT2D eigenvalue weighted by Gasteiger charge is -2.22. The van der Waals surface area contributed by atoms with Gasteiger partial charge in [0.2, 0.25) is 0 Å². The standard InChI is InChI=1S/C15H21BrFN/c1-10(2)12(9-18-14-5-6-14)7-11-3-4-13(17)8-15(11)16/h3-4,8,10,12,14,18H,5-7,9H2,1-2H3. The summed E-state index contributed by atoms with van der Waals surface area (Å²) in [6, 6.07) is 5.75. The Kier molecular flexibility index (Phi) is 4.79. The summed E-state index contributed by atoms with van der Waals surface area (Å²) >= 11 is 3.46. The molecule has 1 aromatic carbocycles. The second-order valence-electron chi connectivity index (χ2n) is 5.63. The van der Waals surface area contributed by atoms with E-state index in [9.17, 15) is 4.39 Å². The van der Waals surface area contributed by atoms with Gasteiger partial charge < -0.3 is 5.32 Å². The van der Waals surface area contributed by atoms with Crippen LogP contribution in [0.4, 0.5) is 4.39 Å². The zero-order valence-corrected chi connectivity index (χ0v) is 12.6. The first-order valence-corrected chi connectivity index (χ1v) is 7.53. The minimum atomic E-state index is -0.178. The Balaban J connectivity index is 1.97. The van der Waals surface area contributed by atoms with Crippen LogP contribution in [0, 0.1) is 17.7 Å². The third-order valence-electron chi connectivity index (χ3n) is 3.69. The van der Waals surface area contributed by atoms with Crippen molar-refractivity contribution in [3.05, 3.63) is 34.1 Å². The number of rotatable bonds is 6. The quantitative estimate of drug-likeness (QED) is 0.831. The smallest absolute Gasteiger partial charge is 0.124 e. The lowest BCUT2D eigenvalue weighted by Crippen LogP contribution is -2.29. The van der Waals surface area contributed by atoms with Gasteiger partial charge in [0, 0.05) is 10.5 Å². The van der Waals surface area contributed by atoms with Gasteiger partial charge in [-0.2, -0.15) is 0 Å². The molecule has 0 spiro atoms. The Hall–Kier alpha value is -0.410. The molecule has 3 heteroatoms. The largest absolute Gasteiger partial charge is 0.314 e. The summed E-state index contributed by atoms with van der Waals surface area (Å²) in [7, 11) is 0. The minimum absolute atomic E-state index is 0.178. The maximum absolute atomic E-state index is 13.1. The second kappa shape index (κ2) is 6.16. The normalized spacial score (nSPS) is 17.2. The highest BCUT2D eigenvalue weighted by atomic mass is 79.9. The molecule has 18 heavy (non-hydrogen) atoms. The SMILES string of the molecule is CC(C)C(CNC1CC1)Cc1ccc(F)cc1Br. The summed E-state index contributed by atoms with van der Waals surface area (Å²) < 4.78 is 14.0. The van der Waals surface area contributed by atoms with Crippen LogP contribution in [-0.2, 0) is 6.42 Å². The molecule has 0 aromatic heterocycles. The highest BCUT2D eigenvalue weighted by molar-refractivity contribution is 9.10. The van der Waals surface area contributed by atoms with E-state index in [2.05, 4.69) is 35.1 Å². The molecule has 1 aliphatic rings. The molecule has 0 aliphatic heterocycles. The Bertz CT molecular complexity index is 401. The molecule has 1 N–H and O–H groups in total. The summed E-state index contributed by atoms with van der Waals surface area (Å²) in [5.41, 5.74) is 1.20. The van der Waals surface area contributed by atoms with Gasteiger partial charge in [-0.3, -0.25) is 0 Å². The van der Waals surface area contributed by atoms with Crippen LogP contribution in [0.3, 0.4) is 0 Å². The van der Waals surface area contributed by atoms with E-state index in [1.165, 1.54) is 18.4 Å². The summed E-state index contributed by atoms with van der Waals surface area (Å²) in [5, 5.41) is 3.60. The van der Waals surface area contributed by atoms with Crippen molar-refractivity contribution in [2.75, 3.05) is 6.54 Å². The first kappa shape index (κ1) is 14.0. The van der Waals surface area contributed by atoms with Crippen molar-refractivity contribution in [2.24, 2.45) is 11.8 Å². The fraction of sp³-hybridized carbons (Fsp3) is 0.600. The van der Waals surface area contributed by atoms with Gasteiger partial charge in [-0.05, 0) is 55.3 Å². The molecule has 0 radical (unpaired) electrons. The molecule has 100 valence electrons. The van der Waals surface area contributed by atoms with Crippen LogP contribution >= 0.6 is 15.9 Å². The molecule has 2 rings (SSSR count). The average molecular weight is 314 g/mol. The second-order valence-corrected chi connectivity index (χ2v) is 6.48. The van der Waals surface area contributed by atoms with Gasteiger partial charge in [-0.25, -0.2) is 4.39 Å². The molecular weight excluding hydrogens is 293 g/mol. The van der Waals surface area contributed by atoms with Crippen LogP contribution < -0.4 is 5.32 Å². The molecule has 0 heterocycles. The van der Waals surface area contributed by atoms with Gasteiger partial charge in [-0.15, -0.1) is 0 Å². The Morgan fingerprint density at radius 3 is 2.67 bits per heavy atom. The molecule has 0 amide bonds. The maximum atomic E-state index is 13.1. The van der Waals surface area contributed by atoms with E-state index in [1.54, 1.807) is 12.1 Å². The first-order valence-electron chi connectivity index (χ1n) is 6.73. The van der Waals surface area contributed by atoms with Crippen molar-refractivity contribution in [3.8, 4) is 0 Å². The third kappa shape index (κ3) is 4.06. The summed E-state index contributed by atoms with van der Waals surface area (Å²) in [6.45, 7) is 5.58. The zero-order valence-electron chi connectivity index (χ0n) is 11.0. The van der Waals surface area contributed by atoms with Crippen molar-refractivity contribution < 1.29 is 4.39 Å². The van der Waals surface area contributed by atoms with Gasteiger partial charge in [0.1, 0.15) is 5.82 Å². The Morgan fingerprint density at radius 2 is 2.11 bits per heavy atom. The van der Waals surface area contributed by atoms with Gasteiger partial charge in [-0.1, -0.05) is 35.8 Å². The van der Waals surface area contributed by atoms with Gasteiger partial charge in [0.25, 0.3) is 0 Å². The van der Waals surface area contributed by atoms with Gasteiger partial charge in [0.05, 0.1) is 0 Å². The van der Waals surface area contributed by atoms with E-state index in [0.29, 0.717) is 11.8 Å². The van der Waals surface area contributed by atoms with Crippen LogP contribution in [0.1, 0.15) is 32.3 Å². The molecular formula is C15H21BrFN. The maximum Gasteiger partial charge on any atom is 0.124 e. The Labute approximate surface area is 117 Å². The van der Waals surface area contributed by atoms with Crippen LogP contribution in [0.25, 0.3) is 0 Å². The van der Waals surface area contributed by atoms with Crippen molar-refractivity contribution >= 4 is 15.9 Å². The van der Waals surface area contributed by atoms with Crippen molar-refractivity contribution in [3.63, 3.8) is 0 Å². The molecule has 1 unspecified atom stereocenters. The van der Waals surface area contributed by atoms with Crippen LogP contribution in [0.5, 0.6) is 0 Å². The van der Waals surface area contributed by atoms with E-state index >= 15 is 0 Å². The lowest BCUT2D eigenvalue weighted by atomic mass is 9.89. The molecule has 1 atom stereocenters. The number of hydrogen-bond acceptors (Lipinski definition) is 1. The predicted octanol–water partition coefficient (Wildman–Crippen LogP) is 4.15. The molecule has 0 saturated heterocycles. The highest BCUT2D eigenvalue weighted by Gasteiger charge is 2.23. The van der Waals surface area contributed by atoms with Crippen molar-refractivity contribution in [1.29, 1.82) is 0 Å². The van der Waals surface area contributed by atoms with Gasteiger partial charge in [0.15, 0.2) is 0 Å². The van der Waals surface area contributed by atoms with E-state index in [1.807, 2.05) is 6.07 Å². The molecule has 1 aliphatic carbocycles. The fourth-order valence-corrected chi connectivity index (χ4v) is 2.63. The van der Waals surface area contributed by atoms with Crippen molar-refractivity contribution in [2.45, 2.75) is 39.2 Å². The third-order valence-corrected chi connectivity index (χ3v) is 4.42. The lowest BCUT2D eigenvalue weighted by molar-refractivity contribution is 0.359. The van der Waals surface area contributed by atoms with Crippen LogP contribution in [0.2, 0.25) is 0 Å². The fourth-order valence-electron chi connectivity index (χ4n) is 2.12. The van der Waals surface area contributed by atoms with Crippen LogP contribution in [0.15, 0.2) is 22.7 Å². The highest BCUT2D eigenvalue weighted by Crippen LogP contribution is 2.25. The average Bonchev–Trinajstić information content (AvgIpc) is 3.10. The summed E-state index contributed by atoms with van der Waals surface area (Å²) in [5.74, 6) is 1.06. The van der Waals surface area contributed by atoms with E-state index in [4.69, 9.17) is 0 Å². The Morgan fingerprint density at radius 1 is 1.39 bits per heavy atom. The monoisotopic (exact) mass is 313 g/mol. The number of benzene rings is 1. The first-order chi connectivity index (χ1) is 8.56. The molecule has 0 bridgehead atoms. The van der Waals surface area contributed by atoms with E-state index in [-0.39, 0.29) is 5.82 Å². The van der Waals surface area contributed by atoms with Crippen LogP contribution in [-0.4, -0.2) is 12.6 Å². The summed E-state index contributed by atoms with van der Waals surface area (Å²) in [4.78, 5) is 0. The minimum Gasteiger partial charge on any atom is -0.314 e. The molecule has 1 saturated carbocycles. The number of nitrogens with one attached hydrogen (secondary N) is 1. The number of halogens is 2. The molecule has 1 fully saturated rings. The van der Waals surface area contributed by atoms with Crippen molar-refractivity contribution in [1.82, 2.24) is 5.32 Å². The van der Waals surface area contributed by atoms with Gasteiger partial charge >= 0.3 is 0 Å². The topological polar surface area (TPSA) is 12.0 Å². The molecule has 1 nitrogen and oxygen atoms in total. The molecule has 1 aromatic rings.